The smallest absolute Gasteiger partial charge is 0.194 e. The van der Waals surface area contributed by atoms with E-state index in [1.807, 2.05) is 55.9 Å². The highest BCUT2D eigenvalue weighted by atomic mass is 32.1. The Kier molecular flexibility index (Phi) is 8.59. The summed E-state index contributed by atoms with van der Waals surface area (Å²) in [5, 5.41) is 10.2. The highest BCUT2D eigenvalue weighted by molar-refractivity contribution is 7.15. The average Bonchev–Trinajstić information content (AvgIpc) is 3.81. The quantitative estimate of drug-likeness (QED) is 0.181. The van der Waals surface area contributed by atoms with Crippen LogP contribution in [-0.4, -0.2) is 23.7 Å². The molecule has 5 aromatic heterocycles. The van der Waals surface area contributed by atoms with Crippen LogP contribution in [0.2, 0.25) is 0 Å². The number of aryl methyl sites for hydroxylation is 7. The van der Waals surface area contributed by atoms with E-state index in [0.29, 0.717) is 0 Å². The van der Waals surface area contributed by atoms with E-state index < -0.39 is 0 Å². The van der Waals surface area contributed by atoms with Crippen LogP contribution in [0, 0.1) is 34.6 Å². The van der Waals surface area contributed by atoms with Crippen molar-refractivity contribution in [2.24, 2.45) is 14.1 Å². The summed E-state index contributed by atoms with van der Waals surface area (Å²) < 4.78 is 11.4. The lowest BCUT2D eigenvalue weighted by Crippen LogP contribution is -1.88. The third-order valence-corrected chi connectivity index (χ3v) is 8.25. The minimum atomic E-state index is 0.972. The molecule has 5 heterocycles. The summed E-state index contributed by atoms with van der Waals surface area (Å²) in [4.78, 5) is 5.45. The number of nitrogens with zero attached hydrogens (tertiary/aromatic N) is 5. The Hall–Kier alpha value is -4.62. The van der Waals surface area contributed by atoms with Crippen LogP contribution in [0.3, 0.4) is 0 Å². The zero-order valence-corrected chi connectivity index (χ0v) is 26.1. The summed E-state index contributed by atoms with van der Waals surface area (Å²) in [6.45, 7) is 10.4. The number of rotatable bonds is 0. The maximum atomic E-state index is 5.20. The summed E-state index contributed by atoms with van der Waals surface area (Å²) in [6, 6.07) is 24.7. The Morgan fingerprint density at radius 1 is 0.690 bits per heavy atom. The Bertz CT molecular complexity index is 1930. The van der Waals surface area contributed by atoms with Gasteiger partial charge >= 0.3 is 0 Å². The Morgan fingerprint density at radius 2 is 1.40 bits per heavy atom. The first-order valence-corrected chi connectivity index (χ1v) is 14.8. The molecule has 0 amide bonds. The van der Waals surface area contributed by atoms with Crippen molar-refractivity contribution in [3.8, 4) is 0 Å². The molecule has 8 aromatic rings. The minimum Gasteiger partial charge on any atom is -0.464 e. The summed E-state index contributed by atoms with van der Waals surface area (Å²) in [6.07, 6.45) is 5.93. The minimum absolute atomic E-state index is 0.972. The highest BCUT2D eigenvalue weighted by Gasteiger charge is 2.03. The average molecular weight is 576 g/mol. The summed E-state index contributed by atoms with van der Waals surface area (Å²) >= 11 is 1.67. The van der Waals surface area contributed by atoms with E-state index in [1.54, 1.807) is 17.6 Å². The van der Waals surface area contributed by atoms with E-state index in [-0.39, 0.29) is 0 Å². The normalized spacial score (nSPS) is 10.7. The monoisotopic (exact) mass is 575 g/mol. The molecule has 0 saturated carbocycles. The molecule has 214 valence electrons. The van der Waals surface area contributed by atoms with E-state index in [9.17, 15) is 0 Å². The molecular weight excluding hydrogens is 538 g/mol. The van der Waals surface area contributed by atoms with Crippen LogP contribution in [0.1, 0.15) is 28.2 Å². The van der Waals surface area contributed by atoms with Gasteiger partial charge < -0.3 is 8.98 Å². The second-order valence-electron chi connectivity index (χ2n) is 10.4. The first-order valence-electron chi connectivity index (χ1n) is 13.9. The lowest BCUT2D eigenvalue weighted by atomic mass is 10.1. The van der Waals surface area contributed by atoms with Crippen molar-refractivity contribution < 1.29 is 4.42 Å². The molecule has 7 heteroatoms. The third-order valence-electron chi connectivity index (χ3n) is 7.49. The van der Waals surface area contributed by atoms with Gasteiger partial charge in [0.25, 0.3) is 0 Å². The van der Waals surface area contributed by atoms with Crippen LogP contribution in [0.5, 0.6) is 0 Å². The van der Waals surface area contributed by atoms with E-state index >= 15 is 0 Å². The summed E-state index contributed by atoms with van der Waals surface area (Å²) in [5.74, 6) is 0. The fourth-order valence-corrected chi connectivity index (χ4v) is 5.90. The number of furan rings is 1. The number of thiazole rings is 1. The number of benzene rings is 3. The first kappa shape index (κ1) is 28.9. The van der Waals surface area contributed by atoms with Gasteiger partial charge in [-0.2, -0.15) is 5.10 Å². The molecular formula is C35H37N5OS. The Labute approximate surface area is 250 Å². The Balaban J connectivity index is 0.000000112. The number of para-hydroxylation sites is 2. The summed E-state index contributed by atoms with van der Waals surface area (Å²) in [7, 11) is 4.05. The molecule has 0 spiro atoms. The summed E-state index contributed by atoms with van der Waals surface area (Å²) in [5.41, 5.74) is 9.58. The predicted molar refractivity (Wildman–Crippen MR) is 177 cm³/mol. The molecule has 0 aliphatic rings. The molecule has 0 saturated heterocycles. The molecule has 0 aliphatic heterocycles. The van der Waals surface area contributed by atoms with Crippen LogP contribution in [-0.2, 0) is 14.1 Å². The number of imidazole rings is 1. The van der Waals surface area contributed by atoms with E-state index in [1.165, 1.54) is 44.0 Å². The van der Waals surface area contributed by atoms with E-state index in [0.717, 1.165) is 21.9 Å². The van der Waals surface area contributed by atoms with Gasteiger partial charge in [-0.15, -0.1) is 11.3 Å². The van der Waals surface area contributed by atoms with Gasteiger partial charge in [0.2, 0.25) is 0 Å². The molecule has 0 aliphatic carbocycles. The maximum Gasteiger partial charge on any atom is 0.194 e. The lowest BCUT2D eigenvalue weighted by molar-refractivity contribution is 0.616. The molecule has 6 nitrogen and oxygen atoms in total. The zero-order chi connectivity index (χ0) is 29.8. The van der Waals surface area contributed by atoms with Gasteiger partial charge in [0.1, 0.15) is 5.58 Å². The van der Waals surface area contributed by atoms with Gasteiger partial charge in [-0.3, -0.25) is 9.08 Å². The van der Waals surface area contributed by atoms with Gasteiger partial charge in [-0.1, -0.05) is 48.5 Å². The third kappa shape index (κ3) is 6.02. The second-order valence-corrected chi connectivity index (χ2v) is 11.3. The Morgan fingerprint density at radius 3 is 2.10 bits per heavy atom. The van der Waals surface area contributed by atoms with Crippen LogP contribution in [0.4, 0.5) is 0 Å². The van der Waals surface area contributed by atoms with Crippen LogP contribution >= 0.6 is 11.3 Å². The molecule has 0 atom stereocenters. The number of hydrogen-bond donors (Lipinski definition) is 0. The van der Waals surface area contributed by atoms with Crippen molar-refractivity contribution in [3.63, 3.8) is 0 Å². The molecule has 0 bridgehead atoms. The van der Waals surface area contributed by atoms with Crippen LogP contribution in [0.15, 0.2) is 101 Å². The van der Waals surface area contributed by atoms with E-state index in [2.05, 4.69) is 107 Å². The molecule has 0 unspecified atom stereocenters. The fourth-order valence-electron chi connectivity index (χ4n) is 5.09. The second kappa shape index (κ2) is 12.5. The molecule has 8 rings (SSSR count). The number of hydrogen-bond acceptors (Lipinski definition) is 4. The van der Waals surface area contributed by atoms with Gasteiger partial charge in [0, 0.05) is 59.2 Å². The van der Waals surface area contributed by atoms with Crippen molar-refractivity contribution in [1.82, 2.24) is 23.7 Å². The van der Waals surface area contributed by atoms with Crippen molar-refractivity contribution in [2.75, 3.05) is 0 Å². The lowest BCUT2D eigenvalue weighted by Gasteiger charge is -1.92. The van der Waals surface area contributed by atoms with Crippen molar-refractivity contribution >= 4 is 49.1 Å². The zero-order valence-electron chi connectivity index (χ0n) is 25.3. The van der Waals surface area contributed by atoms with Gasteiger partial charge in [-0.05, 0) is 70.0 Å². The predicted octanol–water partition coefficient (Wildman–Crippen LogP) is 9.12. The largest absolute Gasteiger partial charge is 0.464 e. The van der Waals surface area contributed by atoms with Crippen molar-refractivity contribution in [3.05, 3.63) is 125 Å². The van der Waals surface area contributed by atoms with Crippen molar-refractivity contribution in [1.29, 1.82) is 0 Å². The maximum absolute atomic E-state index is 5.20. The topological polar surface area (TPSA) is 53.2 Å². The van der Waals surface area contributed by atoms with Gasteiger partial charge in [-0.25, -0.2) is 4.98 Å². The van der Waals surface area contributed by atoms with Gasteiger partial charge in [0.05, 0.1) is 23.2 Å². The standard InChI is InChI=1S/C10H11N.C9H10N2.C9H8O.C7H8N2S/c1-8-7-11(2)10-6-4-3-5-9(8)10;1-7-8-5-3-4-6-9(8)11(2)10-7;1-7-3-2-4-9-8(7)5-6-10-9;1-5-6(2)9-3-4-10-7(9)8-5/h3-7H,1-2H3;3-6H,1-2H3;2-6H,1H3;3-4H,1-2H3. The molecule has 42 heavy (non-hydrogen) atoms. The van der Waals surface area contributed by atoms with Crippen LogP contribution < -0.4 is 0 Å². The molecule has 0 radical (unpaired) electrons. The number of fused-ring (bicyclic) bond motifs is 4. The van der Waals surface area contributed by atoms with Gasteiger partial charge in [0.15, 0.2) is 4.96 Å². The van der Waals surface area contributed by atoms with Crippen molar-refractivity contribution in [2.45, 2.75) is 34.6 Å². The van der Waals surface area contributed by atoms with E-state index in [4.69, 9.17) is 4.42 Å². The highest BCUT2D eigenvalue weighted by Crippen LogP contribution is 2.19. The molecule has 3 aromatic carbocycles. The SMILES string of the molecule is Cc1cccc2occc12.Cc1cn(C)c2ccccc12.Cc1nc2sccn2c1C.Cc1nn(C)c2ccccc12. The number of aromatic nitrogens is 5. The van der Waals surface area contributed by atoms with Crippen LogP contribution in [0.25, 0.3) is 37.7 Å². The first-order chi connectivity index (χ1) is 20.2. The fraction of sp³-hybridized carbons (Fsp3) is 0.200. The molecule has 0 N–H and O–H groups in total. The molecule has 0 fully saturated rings.